The normalized spacial score (nSPS) is 19.7. The molecule has 2 aliphatic rings. The van der Waals surface area contributed by atoms with Gasteiger partial charge in [-0.1, -0.05) is 24.3 Å². The molecule has 2 heterocycles. The molecule has 1 saturated carbocycles. The van der Waals surface area contributed by atoms with Crippen molar-refractivity contribution in [2.75, 3.05) is 30.9 Å². The van der Waals surface area contributed by atoms with E-state index in [-0.39, 0.29) is 5.91 Å². The van der Waals surface area contributed by atoms with Gasteiger partial charge in [0.15, 0.2) is 0 Å². The highest BCUT2D eigenvalue weighted by atomic mass is 32.2. The molecule has 4 N–H and O–H groups in total. The quantitative estimate of drug-likeness (QED) is 0.368. The first-order valence-corrected chi connectivity index (χ1v) is 12.9. The molecular formula is C26H31N7OS. The predicted molar refractivity (Wildman–Crippen MR) is 144 cm³/mol. The standard InChI is InChI=1S/C26H31N7OS/c1-33(2)24-21-5-3-4-6-22(21)30-26(31-24)29-20-13-7-17(8-14-20)15-27-25(34)19-11-9-18(10-12-19)23-16-28-32-35-23/h3-6,9-12,16-17,20,28,32H,7-8,13-15H2,1-2H3,(H,27,34)(H,29,30,31). The average molecular weight is 490 g/mol. The fourth-order valence-electron chi connectivity index (χ4n) is 4.63. The Balaban J connectivity index is 1.12. The first-order valence-electron chi connectivity index (χ1n) is 12.0. The van der Waals surface area contributed by atoms with E-state index in [9.17, 15) is 4.79 Å². The Hall–Kier alpha value is -3.30. The number of carbonyl (C=O) groups is 1. The van der Waals surface area contributed by atoms with E-state index >= 15 is 0 Å². The van der Waals surface area contributed by atoms with E-state index < -0.39 is 0 Å². The van der Waals surface area contributed by atoms with Gasteiger partial charge in [-0.05, 0) is 73.4 Å². The summed E-state index contributed by atoms with van der Waals surface area (Å²) < 4.78 is 0. The number of aromatic nitrogens is 2. The van der Waals surface area contributed by atoms with Gasteiger partial charge in [-0.25, -0.2) is 4.98 Å². The van der Waals surface area contributed by atoms with E-state index in [4.69, 9.17) is 9.97 Å². The van der Waals surface area contributed by atoms with Crippen molar-refractivity contribution < 1.29 is 4.79 Å². The van der Waals surface area contributed by atoms with E-state index in [2.05, 4.69) is 27.0 Å². The summed E-state index contributed by atoms with van der Waals surface area (Å²) in [4.78, 5) is 28.3. The van der Waals surface area contributed by atoms with Crippen LogP contribution < -0.4 is 25.8 Å². The van der Waals surface area contributed by atoms with Crippen LogP contribution in [0.25, 0.3) is 15.8 Å². The van der Waals surface area contributed by atoms with Crippen LogP contribution in [0.3, 0.4) is 0 Å². The first kappa shape index (κ1) is 23.4. The third-order valence-corrected chi connectivity index (χ3v) is 7.39. The predicted octanol–water partition coefficient (Wildman–Crippen LogP) is 4.15. The highest BCUT2D eigenvalue weighted by Gasteiger charge is 2.23. The van der Waals surface area contributed by atoms with Crippen molar-refractivity contribution in [3.8, 4) is 0 Å². The second-order valence-electron chi connectivity index (χ2n) is 9.29. The van der Waals surface area contributed by atoms with Gasteiger partial charge in [-0.2, -0.15) is 9.82 Å². The maximum atomic E-state index is 12.6. The molecule has 182 valence electrons. The third-order valence-electron chi connectivity index (χ3n) is 6.59. The van der Waals surface area contributed by atoms with Gasteiger partial charge in [0.1, 0.15) is 5.82 Å². The minimum absolute atomic E-state index is 0.0121. The van der Waals surface area contributed by atoms with Crippen molar-refractivity contribution in [1.29, 1.82) is 0 Å². The Morgan fingerprint density at radius 1 is 1.06 bits per heavy atom. The van der Waals surface area contributed by atoms with E-state index in [0.29, 0.717) is 30.0 Å². The second-order valence-corrected chi connectivity index (χ2v) is 10.1. The smallest absolute Gasteiger partial charge is 0.251 e. The molecule has 8 nitrogen and oxygen atoms in total. The van der Waals surface area contributed by atoms with E-state index in [1.165, 1.54) is 11.9 Å². The van der Waals surface area contributed by atoms with Crippen molar-refractivity contribution >= 4 is 45.4 Å². The molecule has 1 aliphatic carbocycles. The minimum atomic E-state index is -0.0121. The summed E-state index contributed by atoms with van der Waals surface area (Å²) >= 11 is 1.53. The maximum Gasteiger partial charge on any atom is 0.251 e. The molecule has 0 unspecified atom stereocenters. The highest BCUT2D eigenvalue weighted by Crippen LogP contribution is 2.29. The average Bonchev–Trinajstić information content (AvgIpc) is 3.43. The Morgan fingerprint density at radius 2 is 1.83 bits per heavy atom. The van der Waals surface area contributed by atoms with Gasteiger partial charge >= 0.3 is 0 Å². The molecule has 5 rings (SSSR count). The van der Waals surface area contributed by atoms with Gasteiger partial charge in [-0.3, -0.25) is 4.79 Å². The molecule has 1 aromatic heterocycles. The molecule has 1 aliphatic heterocycles. The Labute approximate surface area is 210 Å². The number of hydrogen-bond acceptors (Lipinski definition) is 8. The Bertz CT molecular complexity index is 1220. The van der Waals surface area contributed by atoms with Gasteiger partial charge in [0, 0.05) is 48.7 Å². The van der Waals surface area contributed by atoms with Crippen LogP contribution in [0.15, 0.2) is 54.7 Å². The number of hydrogen-bond donors (Lipinski definition) is 4. The van der Waals surface area contributed by atoms with E-state index in [0.717, 1.165) is 52.9 Å². The lowest BCUT2D eigenvalue weighted by atomic mass is 9.86. The zero-order chi connectivity index (χ0) is 24.2. The summed E-state index contributed by atoms with van der Waals surface area (Å²) in [6, 6.07) is 16.2. The van der Waals surface area contributed by atoms with Crippen LogP contribution in [0.5, 0.6) is 0 Å². The maximum absolute atomic E-state index is 12.6. The number of anilines is 2. The van der Waals surface area contributed by atoms with Crippen molar-refractivity contribution in [2.45, 2.75) is 31.7 Å². The van der Waals surface area contributed by atoms with Crippen molar-refractivity contribution in [3.63, 3.8) is 0 Å². The first-order chi connectivity index (χ1) is 17.1. The third kappa shape index (κ3) is 5.52. The van der Waals surface area contributed by atoms with Gasteiger partial charge in [0.05, 0.1) is 5.52 Å². The van der Waals surface area contributed by atoms with Gasteiger partial charge in [0.25, 0.3) is 5.91 Å². The topological polar surface area (TPSA) is 94.2 Å². The molecule has 1 fully saturated rings. The number of nitrogens with one attached hydrogen (secondary N) is 4. The van der Waals surface area contributed by atoms with Crippen LogP contribution in [-0.2, 0) is 0 Å². The summed E-state index contributed by atoms with van der Waals surface area (Å²) in [7, 11) is 4.02. The molecule has 0 saturated heterocycles. The lowest BCUT2D eigenvalue weighted by Crippen LogP contribution is -2.34. The number of para-hydroxylation sites is 1. The summed E-state index contributed by atoms with van der Waals surface area (Å²) in [5.41, 5.74) is 5.68. The summed E-state index contributed by atoms with van der Waals surface area (Å²) in [6.07, 6.45) is 6.13. The SMILES string of the molecule is CN(C)c1nc(NC2CCC(CNC(=O)c3ccc(C4=CNNS4)cc3)CC2)nc2ccccc12. The zero-order valence-corrected chi connectivity index (χ0v) is 20.9. The molecular weight excluding hydrogens is 458 g/mol. The van der Waals surface area contributed by atoms with Crippen molar-refractivity contribution in [3.05, 3.63) is 65.9 Å². The molecule has 0 spiro atoms. The molecule has 2 aromatic carbocycles. The lowest BCUT2D eigenvalue weighted by Gasteiger charge is -2.29. The van der Waals surface area contributed by atoms with Gasteiger partial charge in [-0.15, -0.1) is 0 Å². The van der Waals surface area contributed by atoms with Crippen LogP contribution in [0.1, 0.15) is 41.6 Å². The minimum Gasteiger partial charge on any atom is -0.362 e. The number of rotatable bonds is 7. The van der Waals surface area contributed by atoms with E-state index in [1.807, 2.05) is 67.7 Å². The molecule has 3 aromatic rings. The fourth-order valence-corrected chi connectivity index (χ4v) is 5.23. The van der Waals surface area contributed by atoms with Crippen LogP contribution in [-0.4, -0.2) is 42.6 Å². The number of benzene rings is 2. The summed E-state index contributed by atoms with van der Waals surface area (Å²) in [5, 5.41) is 7.74. The number of carbonyl (C=O) groups excluding carboxylic acids is 1. The molecule has 0 atom stereocenters. The Kier molecular flexibility index (Phi) is 7.06. The van der Waals surface area contributed by atoms with Crippen molar-refractivity contribution in [2.24, 2.45) is 5.92 Å². The van der Waals surface area contributed by atoms with E-state index in [1.54, 1.807) is 0 Å². The fraction of sp³-hybridized carbons (Fsp3) is 0.346. The number of hydrazine groups is 1. The van der Waals surface area contributed by atoms with Crippen LogP contribution in [0, 0.1) is 5.92 Å². The second kappa shape index (κ2) is 10.5. The lowest BCUT2D eigenvalue weighted by molar-refractivity contribution is 0.0943. The number of nitrogens with zero attached hydrogens (tertiary/aromatic N) is 3. The highest BCUT2D eigenvalue weighted by molar-refractivity contribution is 8.06. The molecule has 9 heteroatoms. The summed E-state index contributed by atoms with van der Waals surface area (Å²) in [5.74, 6) is 2.09. The van der Waals surface area contributed by atoms with Gasteiger partial charge in [0.2, 0.25) is 5.95 Å². The van der Waals surface area contributed by atoms with Crippen LogP contribution in [0.4, 0.5) is 11.8 Å². The number of fused-ring (bicyclic) bond motifs is 1. The molecule has 0 bridgehead atoms. The zero-order valence-electron chi connectivity index (χ0n) is 20.0. The molecule has 35 heavy (non-hydrogen) atoms. The van der Waals surface area contributed by atoms with Crippen LogP contribution in [0.2, 0.25) is 0 Å². The number of amides is 1. The summed E-state index contributed by atoms with van der Waals surface area (Å²) in [6.45, 7) is 0.708. The largest absolute Gasteiger partial charge is 0.362 e. The van der Waals surface area contributed by atoms with Gasteiger partial charge < -0.3 is 21.0 Å². The molecule has 0 radical (unpaired) electrons. The van der Waals surface area contributed by atoms with Crippen molar-refractivity contribution in [1.82, 2.24) is 25.5 Å². The monoisotopic (exact) mass is 489 g/mol. The van der Waals surface area contributed by atoms with Crippen LogP contribution >= 0.6 is 11.9 Å². The molecule has 1 amide bonds. The Morgan fingerprint density at radius 3 is 2.54 bits per heavy atom.